The zero-order valence-electron chi connectivity index (χ0n) is 6.87. The first-order valence-electron chi connectivity index (χ1n) is 3.34. The molecule has 0 atom stereocenters. The zero-order chi connectivity index (χ0) is 8.43. The van der Waals surface area contributed by atoms with E-state index in [1.807, 2.05) is 20.2 Å². The van der Waals surface area contributed by atoms with Crippen LogP contribution in [0.5, 0.6) is 0 Å². The van der Waals surface area contributed by atoms with Gasteiger partial charge < -0.3 is 5.21 Å². The van der Waals surface area contributed by atoms with E-state index in [0.29, 0.717) is 5.71 Å². The lowest BCUT2D eigenvalue weighted by molar-refractivity contribution is 0.319. The van der Waals surface area contributed by atoms with E-state index in [2.05, 4.69) is 10.3 Å². The molecule has 4 heteroatoms. The Bertz CT molecular complexity index is 288. The van der Waals surface area contributed by atoms with Crippen LogP contribution >= 0.6 is 0 Å². The highest BCUT2D eigenvalue weighted by Gasteiger charge is 2.05. The van der Waals surface area contributed by atoms with Crippen molar-refractivity contribution in [2.24, 2.45) is 12.2 Å². The maximum absolute atomic E-state index is 8.47. The van der Waals surface area contributed by atoms with Gasteiger partial charge in [-0.25, -0.2) is 0 Å². The fraction of sp³-hybridized carbons (Fsp3) is 0.429. The Kier molecular flexibility index (Phi) is 1.94. The third kappa shape index (κ3) is 1.39. The van der Waals surface area contributed by atoms with E-state index in [0.717, 1.165) is 11.3 Å². The number of hydrogen-bond donors (Lipinski definition) is 1. The standard InChI is InChI=1S/C7H11N3O/c1-5-7(6(2)9-11)4-10(3)8-5/h4,11H,1-3H3. The summed E-state index contributed by atoms with van der Waals surface area (Å²) in [6.45, 7) is 3.62. The van der Waals surface area contributed by atoms with Crippen molar-refractivity contribution in [1.82, 2.24) is 9.78 Å². The van der Waals surface area contributed by atoms with Gasteiger partial charge in [-0.2, -0.15) is 5.10 Å². The molecule has 0 amide bonds. The van der Waals surface area contributed by atoms with Crippen LogP contribution in [-0.2, 0) is 7.05 Å². The van der Waals surface area contributed by atoms with Crippen LogP contribution in [-0.4, -0.2) is 20.7 Å². The van der Waals surface area contributed by atoms with Gasteiger partial charge in [-0.1, -0.05) is 5.16 Å². The van der Waals surface area contributed by atoms with Gasteiger partial charge in [0.2, 0.25) is 0 Å². The van der Waals surface area contributed by atoms with Crippen LogP contribution in [0.15, 0.2) is 11.4 Å². The average Bonchev–Trinajstić information content (AvgIpc) is 2.28. The summed E-state index contributed by atoms with van der Waals surface area (Å²) in [5.74, 6) is 0. The molecule has 1 aromatic heterocycles. The fourth-order valence-electron chi connectivity index (χ4n) is 1.01. The molecule has 0 saturated heterocycles. The Morgan fingerprint density at radius 1 is 1.73 bits per heavy atom. The minimum absolute atomic E-state index is 0.593. The number of aryl methyl sites for hydroxylation is 2. The molecule has 0 aliphatic carbocycles. The number of hydrogen-bond acceptors (Lipinski definition) is 3. The van der Waals surface area contributed by atoms with Crippen molar-refractivity contribution in [2.75, 3.05) is 0 Å². The van der Waals surface area contributed by atoms with Crippen LogP contribution < -0.4 is 0 Å². The average molecular weight is 153 g/mol. The Morgan fingerprint density at radius 3 is 2.73 bits per heavy atom. The maximum Gasteiger partial charge on any atom is 0.0871 e. The van der Waals surface area contributed by atoms with Gasteiger partial charge in [0.1, 0.15) is 0 Å². The van der Waals surface area contributed by atoms with Gasteiger partial charge in [0.05, 0.1) is 11.4 Å². The molecule has 1 rings (SSSR count). The smallest absolute Gasteiger partial charge is 0.0871 e. The van der Waals surface area contributed by atoms with Gasteiger partial charge in [0.15, 0.2) is 0 Å². The Labute approximate surface area is 65.1 Å². The van der Waals surface area contributed by atoms with Gasteiger partial charge in [0, 0.05) is 18.8 Å². The topological polar surface area (TPSA) is 50.4 Å². The first-order valence-corrected chi connectivity index (χ1v) is 3.34. The molecule has 11 heavy (non-hydrogen) atoms. The van der Waals surface area contributed by atoms with Crippen LogP contribution in [0, 0.1) is 6.92 Å². The van der Waals surface area contributed by atoms with Crippen LogP contribution in [0.1, 0.15) is 18.2 Å². The first kappa shape index (κ1) is 7.78. The second-order valence-corrected chi connectivity index (χ2v) is 2.49. The maximum atomic E-state index is 8.47. The van der Waals surface area contributed by atoms with E-state index in [-0.39, 0.29) is 0 Å². The third-order valence-corrected chi connectivity index (χ3v) is 1.55. The van der Waals surface area contributed by atoms with E-state index < -0.39 is 0 Å². The SMILES string of the molecule is CC(=NO)c1cn(C)nc1C. The summed E-state index contributed by atoms with van der Waals surface area (Å²) in [6, 6.07) is 0. The second kappa shape index (κ2) is 2.74. The van der Waals surface area contributed by atoms with Crippen molar-refractivity contribution in [3.63, 3.8) is 0 Å². The molecule has 60 valence electrons. The Balaban J connectivity index is 3.13. The predicted octanol–water partition coefficient (Wildman–Crippen LogP) is 0.927. The highest BCUT2D eigenvalue weighted by Crippen LogP contribution is 2.05. The monoisotopic (exact) mass is 153 g/mol. The molecule has 0 saturated carbocycles. The summed E-state index contributed by atoms with van der Waals surface area (Å²) in [4.78, 5) is 0. The normalized spacial score (nSPS) is 12.1. The minimum Gasteiger partial charge on any atom is -0.411 e. The highest BCUT2D eigenvalue weighted by molar-refractivity contribution is 5.98. The fourth-order valence-corrected chi connectivity index (χ4v) is 1.01. The molecule has 0 aromatic carbocycles. The van der Waals surface area contributed by atoms with Crippen LogP contribution in [0.25, 0.3) is 0 Å². The molecule has 4 nitrogen and oxygen atoms in total. The quantitative estimate of drug-likeness (QED) is 0.370. The van der Waals surface area contributed by atoms with E-state index in [9.17, 15) is 0 Å². The van der Waals surface area contributed by atoms with Gasteiger partial charge in [-0.05, 0) is 13.8 Å². The molecular weight excluding hydrogens is 142 g/mol. The number of nitrogens with zero attached hydrogens (tertiary/aromatic N) is 3. The van der Waals surface area contributed by atoms with Gasteiger partial charge in [0.25, 0.3) is 0 Å². The molecule has 1 N–H and O–H groups in total. The lowest BCUT2D eigenvalue weighted by Crippen LogP contribution is -1.94. The predicted molar refractivity (Wildman–Crippen MR) is 41.9 cm³/mol. The molecular formula is C7H11N3O. The van der Waals surface area contributed by atoms with Gasteiger partial charge >= 0.3 is 0 Å². The summed E-state index contributed by atoms with van der Waals surface area (Å²) in [5, 5.41) is 15.7. The number of aromatic nitrogens is 2. The third-order valence-electron chi connectivity index (χ3n) is 1.55. The van der Waals surface area contributed by atoms with E-state index in [1.165, 1.54) is 0 Å². The number of oxime groups is 1. The lowest BCUT2D eigenvalue weighted by atomic mass is 10.2. The summed E-state index contributed by atoms with van der Waals surface area (Å²) in [6.07, 6.45) is 1.82. The van der Waals surface area contributed by atoms with Crippen LogP contribution in [0.4, 0.5) is 0 Å². The first-order chi connectivity index (χ1) is 5.15. The second-order valence-electron chi connectivity index (χ2n) is 2.49. The van der Waals surface area contributed by atoms with Crippen molar-refractivity contribution >= 4 is 5.71 Å². The van der Waals surface area contributed by atoms with E-state index in [4.69, 9.17) is 5.21 Å². The van der Waals surface area contributed by atoms with E-state index in [1.54, 1.807) is 11.6 Å². The molecule has 1 aromatic rings. The van der Waals surface area contributed by atoms with E-state index >= 15 is 0 Å². The Hall–Kier alpha value is -1.32. The molecule has 0 radical (unpaired) electrons. The van der Waals surface area contributed by atoms with Crippen molar-refractivity contribution in [3.8, 4) is 0 Å². The molecule has 0 spiro atoms. The largest absolute Gasteiger partial charge is 0.411 e. The summed E-state index contributed by atoms with van der Waals surface area (Å²) in [7, 11) is 1.83. The molecule has 0 bridgehead atoms. The van der Waals surface area contributed by atoms with Crippen molar-refractivity contribution in [2.45, 2.75) is 13.8 Å². The lowest BCUT2D eigenvalue weighted by Gasteiger charge is -1.91. The number of rotatable bonds is 1. The summed E-state index contributed by atoms with van der Waals surface area (Å²) in [5.41, 5.74) is 2.36. The van der Waals surface area contributed by atoms with Crippen molar-refractivity contribution in [3.05, 3.63) is 17.5 Å². The Morgan fingerprint density at radius 2 is 2.36 bits per heavy atom. The van der Waals surface area contributed by atoms with Crippen molar-refractivity contribution in [1.29, 1.82) is 0 Å². The van der Waals surface area contributed by atoms with Gasteiger partial charge in [-0.15, -0.1) is 0 Å². The molecule has 0 aliphatic heterocycles. The molecule has 0 unspecified atom stereocenters. The van der Waals surface area contributed by atoms with Crippen molar-refractivity contribution < 1.29 is 5.21 Å². The zero-order valence-corrected chi connectivity index (χ0v) is 6.87. The molecule has 1 heterocycles. The summed E-state index contributed by atoms with van der Waals surface area (Å²) < 4.78 is 1.69. The molecule has 0 fully saturated rings. The van der Waals surface area contributed by atoms with Crippen LogP contribution in [0.2, 0.25) is 0 Å². The summed E-state index contributed by atoms with van der Waals surface area (Å²) >= 11 is 0. The highest BCUT2D eigenvalue weighted by atomic mass is 16.4. The molecule has 0 aliphatic rings. The van der Waals surface area contributed by atoms with Gasteiger partial charge in [-0.3, -0.25) is 4.68 Å². The van der Waals surface area contributed by atoms with Crippen LogP contribution in [0.3, 0.4) is 0 Å². The minimum atomic E-state index is 0.593.